The van der Waals surface area contributed by atoms with Gasteiger partial charge in [-0.3, -0.25) is 0 Å². The van der Waals surface area contributed by atoms with Crippen molar-refractivity contribution in [2.24, 2.45) is 0 Å². The molecular weight excluding hydrogens is 356 g/mol. The maximum atomic E-state index is 5.69. The van der Waals surface area contributed by atoms with E-state index in [9.17, 15) is 0 Å². The van der Waals surface area contributed by atoms with Crippen LogP contribution in [0.15, 0.2) is 49.0 Å². The molecule has 3 nitrogen and oxygen atoms in total. The Kier molecular flexibility index (Phi) is 11.8. The van der Waals surface area contributed by atoms with E-state index in [1.54, 1.807) is 6.26 Å². The Bertz CT molecular complexity index is 677. The summed E-state index contributed by atoms with van der Waals surface area (Å²) in [5.74, 6) is 1.62. The second kappa shape index (κ2) is 14.8. The summed E-state index contributed by atoms with van der Waals surface area (Å²) in [6, 6.07) is 8.00. The van der Waals surface area contributed by atoms with E-state index in [1.165, 1.54) is 69.8 Å². The lowest BCUT2D eigenvalue weighted by Crippen LogP contribution is -1.93. The molecule has 1 aromatic carbocycles. The molecule has 1 heterocycles. The monoisotopic (exact) mass is 394 g/mol. The molecule has 0 unspecified atom stereocenters. The lowest BCUT2D eigenvalue weighted by atomic mass is 10.1. The maximum absolute atomic E-state index is 5.69. The predicted octanol–water partition coefficient (Wildman–Crippen LogP) is 7.91. The zero-order valence-electron chi connectivity index (χ0n) is 18.4. The fraction of sp³-hybridized carbons (Fsp3) is 0.538. The lowest BCUT2D eigenvalue weighted by Gasteiger charge is -2.05. The van der Waals surface area contributed by atoms with Crippen LogP contribution < -0.4 is 4.74 Å². The lowest BCUT2D eigenvalue weighted by molar-refractivity contribution is 0.477. The molecule has 0 atom stereocenters. The van der Waals surface area contributed by atoms with Gasteiger partial charge in [0.25, 0.3) is 0 Å². The van der Waals surface area contributed by atoms with Crippen LogP contribution in [0.1, 0.15) is 90.0 Å². The highest BCUT2D eigenvalue weighted by atomic mass is 16.5. The van der Waals surface area contributed by atoms with E-state index in [1.807, 2.05) is 36.7 Å². The van der Waals surface area contributed by atoms with Crippen molar-refractivity contribution < 1.29 is 4.74 Å². The molecule has 0 amide bonds. The number of rotatable bonds is 15. The van der Waals surface area contributed by atoms with Crippen LogP contribution in [-0.4, -0.2) is 9.97 Å². The van der Waals surface area contributed by atoms with Gasteiger partial charge in [-0.05, 0) is 61.6 Å². The third-order valence-electron chi connectivity index (χ3n) is 5.16. The van der Waals surface area contributed by atoms with Crippen LogP contribution in [0.2, 0.25) is 0 Å². The average Bonchev–Trinajstić information content (AvgIpc) is 2.76. The van der Waals surface area contributed by atoms with Crippen LogP contribution in [-0.2, 0) is 6.42 Å². The first-order chi connectivity index (χ1) is 14.3. The summed E-state index contributed by atoms with van der Waals surface area (Å²) in [5, 5.41) is 0. The molecule has 2 rings (SSSR count). The van der Waals surface area contributed by atoms with Crippen LogP contribution in [0.5, 0.6) is 5.75 Å². The fourth-order valence-electron chi connectivity index (χ4n) is 3.31. The Labute approximate surface area is 177 Å². The van der Waals surface area contributed by atoms with E-state index in [0.29, 0.717) is 0 Å². The molecule has 0 saturated carbocycles. The number of nitrogens with zero attached hydrogens (tertiary/aromatic N) is 2. The van der Waals surface area contributed by atoms with Crippen LogP contribution in [0.3, 0.4) is 0 Å². The number of allylic oxidation sites excluding steroid dienone is 1. The topological polar surface area (TPSA) is 35.0 Å². The summed E-state index contributed by atoms with van der Waals surface area (Å²) in [6.07, 6.45) is 23.0. The Morgan fingerprint density at radius 3 is 2.03 bits per heavy atom. The normalized spacial score (nSPS) is 11.2. The molecule has 0 aliphatic carbocycles. The van der Waals surface area contributed by atoms with Gasteiger partial charge in [-0.25, -0.2) is 9.97 Å². The average molecular weight is 395 g/mol. The van der Waals surface area contributed by atoms with Crippen molar-refractivity contribution in [3.05, 3.63) is 54.6 Å². The summed E-state index contributed by atoms with van der Waals surface area (Å²) in [4.78, 5) is 9.09. The SMILES string of the molecule is CCCCCCCC=COc1ccc(-c2ncc(CCCCCCC)cn2)cc1. The maximum Gasteiger partial charge on any atom is 0.159 e. The second-order valence-corrected chi connectivity index (χ2v) is 7.80. The molecule has 158 valence electrons. The van der Waals surface area contributed by atoms with Crippen molar-refractivity contribution in [2.75, 3.05) is 0 Å². The molecule has 0 aliphatic rings. The van der Waals surface area contributed by atoms with Crippen molar-refractivity contribution in [1.82, 2.24) is 9.97 Å². The van der Waals surface area contributed by atoms with Gasteiger partial charge in [0.1, 0.15) is 5.75 Å². The highest BCUT2D eigenvalue weighted by molar-refractivity contribution is 5.55. The fourth-order valence-corrected chi connectivity index (χ4v) is 3.31. The van der Waals surface area contributed by atoms with Crippen LogP contribution in [0.4, 0.5) is 0 Å². The highest BCUT2D eigenvalue weighted by Crippen LogP contribution is 2.20. The summed E-state index contributed by atoms with van der Waals surface area (Å²) < 4.78 is 5.69. The van der Waals surface area contributed by atoms with E-state index in [-0.39, 0.29) is 0 Å². The van der Waals surface area contributed by atoms with E-state index in [2.05, 4.69) is 29.9 Å². The minimum Gasteiger partial charge on any atom is -0.465 e. The van der Waals surface area contributed by atoms with Gasteiger partial charge in [-0.1, -0.05) is 65.2 Å². The molecule has 0 bridgehead atoms. The van der Waals surface area contributed by atoms with Crippen LogP contribution in [0.25, 0.3) is 11.4 Å². The van der Waals surface area contributed by atoms with E-state index in [0.717, 1.165) is 30.0 Å². The van der Waals surface area contributed by atoms with Gasteiger partial charge in [-0.15, -0.1) is 0 Å². The zero-order chi connectivity index (χ0) is 20.6. The predicted molar refractivity (Wildman–Crippen MR) is 123 cm³/mol. The summed E-state index contributed by atoms with van der Waals surface area (Å²) in [6.45, 7) is 4.50. The van der Waals surface area contributed by atoms with Gasteiger partial charge in [-0.2, -0.15) is 0 Å². The molecule has 29 heavy (non-hydrogen) atoms. The van der Waals surface area contributed by atoms with Gasteiger partial charge in [0.05, 0.1) is 6.26 Å². The Hall–Kier alpha value is -2.16. The Morgan fingerprint density at radius 2 is 1.38 bits per heavy atom. The minimum absolute atomic E-state index is 0.772. The molecule has 0 spiro atoms. The van der Waals surface area contributed by atoms with E-state index < -0.39 is 0 Å². The van der Waals surface area contributed by atoms with E-state index in [4.69, 9.17) is 4.74 Å². The van der Waals surface area contributed by atoms with Gasteiger partial charge in [0.2, 0.25) is 0 Å². The molecule has 0 N–H and O–H groups in total. The Morgan fingerprint density at radius 1 is 0.759 bits per heavy atom. The van der Waals surface area contributed by atoms with Crippen molar-refractivity contribution in [3.63, 3.8) is 0 Å². The van der Waals surface area contributed by atoms with Crippen molar-refractivity contribution in [3.8, 4) is 17.1 Å². The standard InChI is InChI=1S/C26H38N2O/c1-3-5-7-9-10-12-14-20-29-25-18-16-24(17-19-25)26-27-21-23(22-28-26)15-13-11-8-6-4-2/h14,16-22H,3-13,15H2,1-2H3. The molecule has 0 fully saturated rings. The summed E-state index contributed by atoms with van der Waals surface area (Å²) in [5.41, 5.74) is 2.25. The number of benzene rings is 1. The van der Waals surface area contributed by atoms with Crippen LogP contribution in [0, 0.1) is 0 Å². The van der Waals surface area contributed by atoms with Gasteiger partial charge < -0.3 is 4.74 Å². The molecule has 0 radical (unpaired) electrons. The molecule has 3 heteroatoms. The highest BCUT2D eigenvalue weighted by Gasteiger charge is 2.02. The smallest absolute Gasteiger partial charge is 0.159 e. The van der Waals surface area contributed by atoms with Crippen molar-refractivity contribution in [1.29, 1.82) is 0 Å². The first-order valence-corrected chi connectivity index (χ1v) is 11.6. The number of hydrogen-bond acceptors (Lipinski definition) is 3. The quantitative estimate of drug-likeness (QED) is 0.227. The Balaban J connectivity index is 1.72. The number of unbranched alkanes of at least 4 members (excludes halogenated alkanes) is 9. The minimum atomic E-state index is 0.772. The van der Waals surface area contributed by atoms with Gasteiger partial charge in [0, 0.05) is 18.0 Å². The molecule has 1 aromatic heterocycles. The summed E-state index contributed by atoms with van der Waals surface area (Å²) >= 11 is 0. The largest absolute Gasteiger partial charge is 0.465 e. The number of aromatic nitrogens is 2. The second-order valence-electron chi connectivity index (χ2n) is 7.80. The van der Waals surface area contributed by atoms with Gasteiger partial charge >= 0.3 is 0 Å². The van der Waals surface area contributed by atoms with Crippen molar-refractivity contribution in [2.45, 2.75) is 90.9 Å². The summed E-state index contributed by atoms with van der Waals surface area (Å²) in [7, 11) is 0. The first kappa shape index (κ1) is 23.1. The molecule has 0 saturated heterocycles. The number of hydrogen-bond donors (Lipinski definition) is 0. The first-order valence-electron chi connectivity index (χ1n) is 11.6. The third kappa shape index (κ3) is 9.74. The third-order valence-corrected chi connectivity index (χ3v) is 5.16. The number of aryl methyl sites for hydroxylation is 1. The molecule has 0 aliphatic heterocycles. The van der Waals surface area contributed by atoms with Gasteiger partial charge in [0.15, 0.2) is 5.82 Å². The number of ether oxygens (including phenoxy) is 1. The van der Waals surface area contributed by atoms with Crippen LogP contribution >= 0.6 is 0 Å². The van der Waals surface area contributed by atoms with Crippen molar-refractivity contribution >= 4 is 0 Å². The zero-order valence-corrected chi connectivity index (χ0v) is 18.4. The van der Waals surface area contributed by atoms with E-state index >= 15 is 0 Å². The molecular formula is C26H38N2O. The molecule has 2 aromatic rings.